The molecule has 3 rings (SSSR count). The maximum Gasteiger partial charge on any atom is 0.332 e. The van der Waals surface area contributed by atoms with E-state index in [2.05, 4.69) is 10.1 Å². The highest BCUT2D eigenvalue weighted by molar-refractivity contribution is 5.91. The molecule has 0 saturated carbocycles. The lowest BCUT2D eigenvalue weighted by molar-refractivity contribution is 0.153. The average molecular weight is 374 g/mol. The molecule has 27 heavy (non-hydrogen) atoms. The van der Waals surface area contributed by atoms with Crippen molar-refractivity contribution in [2.24, 2.45) is 12.1 Å². The summed E-state index contributed by atoms with van der Waals surface area (Å²) >= 11 is 0. The number of aromatic nitrogens is 4. The average Bonchev–Trinajstić information content (AvgIpc) is 3.05. The Bertz CT molecular complexity index is 1030. The van der Waals surface area contributed by atoms with Gasteiger partial charge in [-0.25, -0.2) is 9.80 Å². The van der Waals surface area contributed by atoms with Crippen molar-refractivity contribution in [1.29, 1.82) is 0 Å². The van der Waals surface area contributed by atoms with Crippen LogP contribution in [0.4, 0.5) is 5.95 Å². The molecule has 1 aliphatic heterocycles. The molecular formula is C18H26N6O3. The van der Waals surface area contributed by atoms with Crippen molar-refractivity contribution in [3.8, 4) is 0 Å². The van der Waals surface area contributed by atoms with Crippen LogP contribution in [-0.4, -0.2) is 44.2 Å². The molecule has 0 N–H and O–H groups in total. The van der Waals surface area contributed by atoms with Crippen LogP contribution in [0.25, 0.3) is 11.2 Å². The topological polar surface area (TPSA) is 86.7 Å². The number of anilines is 1. The van der Waals surface area contributed by atoms with Gasteiger partial charge >= 0.3 is 5.69 Å². The molecule has 2 aromatic heterocycles. The summed E-state index contributed by atoms with van der Waals surface area (Å²) in [5.74, 6) is 0.554. The second-order valence-electron chi connectivity index (χ2n) is 6.52. The predicted octanol–water partition coefficient (Wildman–Crippen LogP) is 1.27. The lowest BCUT2D eigenvalue weighted by Gasteiger charge is -2.29. The molecule has 0 unspecified atom stereocenters. The first-order chi connectivity index (χ1) is 12.9. The number of hydrogen-bond acceptors (Lipinski definition) is 6. The number of hydrazone groups is 1. The first kappa shape index (κ1) is 19.1. The van der Waals surface area contributed by atoms with Crippen molar-refractivity contribution >= 4 is 22.8 Å². The number of aryl methyl sites for hydroxylation is 1. The van der Waals surface area contributed by atoms with Gasteiger partial charge in [-0.3, -0.25) is 18.5 Å². The smallest absolute Gasteiger partial charge is 0.332 e. The molecule has 1 aliphatic rings. The second-order valence-corrected chi connectivity index (χ2v) is 6.52. The number of imidazole rings is 1. The molecule has 0 aliphatic carbocycles. The predicted molar refractivity (Wildman–Crippen MR) is 106 cm³/mol. The van der Waals surface area contributed by atoms with Crippen LogP contribution in [0.5, 0.6) is 0 Å². The minimum absolute atomic E-state index is 0.131. The molecule has 0 bridgehead atoms. The van der Waals surface area contributed by atoms with E-state index in [4.69, 9.17) is 4.74 Å². The van der Waals surface area contributed by atoms with Crippen LogP contribution in [0.1, 0.15) is 33.7 Å². The Morgan fingerprint density at radius 2 is 2.04 bits per heavy atom. The van der Waals surface area contributed by atoms with Crippen molar-refractivity contribution in [2.75, 3.05) is 24.8 Å². The molecule has 1 atom stereocenters. The van der Waals surface area contributed by atoms with Crippen molar-refractivity contribution in [3.63, 3.8) is 0 Å². The van der Waals surface area contributed by atoms with E-state index >= 15 is 0 Å². The lowest BCUT2D eigenvalue weighted by Crippen LogP contribution is -2.40. The number of hydrogen-bond donors (Lipinski definition) is 0. The Balaban J connectivity index is 2.25. The van der Waals surface area contributed by atoms with Crippen LogP contribution in [0.3, 0.4) is 0 Å². The van der Waals surface area contributed by atoms with Crippen LogP contribution in [-0.2, 0) is 18.3 Å². The van der Waals surface area contributed by atoms with E-state index < -0.39 is 0 Å². The van der Waals surface area contributed by atoms with Crippen molar-refractivity contribution in [2.45, 2.75) is 40.3 Å². The van der Waals surface area contributed by atoms with E-state index in [0.717, 1.165) is 5.71 Å². The van der Waals surface area contributed by atoms with Gasteiger partial charge in [-0.2, -0.15) is 10.1 Å². The lowest BCUT2D eigenvalue weighted by atomic mass is 10.2. The highest BCUT2D eigenvalue weighted by atomic mass is 16.5. The molecule has 0 amide bonds. The van der Waals surface area contributed by atoms with Crippen LogP contribution in [0.15, 0.2) is 26.8 Å². The molecule has 2 aromatic rings. The van der Waals surface area contributed by atoms with Crippen LogP contribution >= 0.6 is 0 Å². The van der Waals surface area contributed by atoms with Crippen LogP contribution < -0.4 is 16.3 Å². The highest BCUT2D eigenvalue weighted by Gasteiger charge is 2.30. The van der Waals surface area contributed by atoms with E-state index in [1.165, 1.54) is 9.13 Å². The van der Waals surface area contributed by atoms with Crippen molar-refractivity contribution in [1.82, 2.24) is 18.7 Å². The fraction of sp³-hybridized carbons (Fsp3) is 0.556. The molecule has 0 radical (unpaired) electrons. The summed E-state index contributed by atoms with van der Waals surface area (Å²) in [6, 6.07) is -0.131. The second kappa shape index (κ2) is 7.51. The fourth-order valence-electron chi connectivity index (χ4n) is 3.20. The van der Waals surface area contributed by atoms with Crippen molar-refractivity contribution < 1.29 is 4.74 Å². The number of nitrogens with zero attached hydrogens (tertiary/aromatic N) is 6. The van der Waals surface area contributed by atoms with Gasteiger partial charge in [0.25, 0.3) is 5.56 Å². The molecule has 9 heteroatoms. The Morgan fingerprint density at radius 3 is 2.70 bits per heavy atom. The van der Waals surface area contributed by atoms with Gasteiger partial charge in [0.1, 0.15) is 0 Å². The Hall–Kier alpha value is -2.68. The quantitative estimate of drug-likeness (QED) is 0.561. The number of fused-ring (bicyclic) bond motifs is 3. The van der Waals surface area contributed by atoms with Gasteiger partial charge in [0.2, 0.25) is 5.95 Å². The third-order valence-corrected chi connectivity index (χ3v) is 4.83. The summed E-state index contributed by atoms with van der Waals surface area (Å²) < 4.78 is 9.97. The van der Waals surface area contributed by atoms with Gasteiger partial charge in [-0.15, -0.1) is 0 Å². The summed E-state index contributed by atoms with van der Waals surface area (Å²) in [7, 11) is 1.64. The zero-order valence-corrected chi connectivity index (χ0v) is 16.5. The molecule has 146 valence electrons. The van der Waals surface area contributed by atoms with Gasteiger partial charge in [0, 0.05) is 20.2 Å². The van der Waals surface area contributed by atoms with Crippen LogP contribution in [0.2, 0.25) is 0 Å². The first-order valence-corrected chi connectivity index (χ1v) is 9.15. The largest absolute Gasteiger partial charge is 0.380 e. The molecule has 0 fully saturated rings. The van der Waals surface area contributed by atoms with Gasteiger partial charge in [-0.05, 0) is 27.7 Å². The first-order valence-electron chi connectivity index (χ1n) is 9.15. The Morgan fingerprint density at radius 1 is 1.30 bits per heavy atom. The van der Waals surface area contributed by atoms with Gasteiger partial charge < -0.3 is 4.74 Å². The molecular weight excluding hydrogens is 348 g/mol. The summed E-state index contributed by atoms with van der Waals surface area (Å²) in [5.41, 5.74) is 0.935. The molecule has 3 heterocycles. The van der Waals surface area contributed by atoms with Gasteiger partial charge in [0.15, 0.2) is 11.2 Å². The van der Waals surface area contributed by atoms with E-state index in [-0.39, 0.29) is 23.8 Å². The van der Waals surface area contributed by atoms with E-state index in [1.54, 1.807) is 18.1 Å². The standard InChI is InChI=1S/C18H26N6O3/c1-6-8-9-22-16(25)14-15(21(5)18(22)26)19-17-23(10-11-27-7-2)20-12(3)13(4)24(14)17/h6,8,13H,7,9-11H2,1-5H3/b8-6+/t13-/m0/s1. The zero-order chi connectivity index (χ0) is 19.7. The normalized spacial score (nSPS) is 17.0. The zero-order valence-electron chi connectivity index (χ0n) is 16.5. The molecule has 0 spiro atoms. The third kappa shape index (κ3) is 3.12. The van der Waals surface area contributed by atoms with Crippen LogP contribution in [0, 0.1) is 0 Å². The molecule has 0 aromatic carbocycles. The summed E-state index contributed by atoms with van der Waals surface area (Å²) in [4.78, 5) is 30.4. The number of ether oxygens (including phenoxy) is 1. The van der Waals surface area contributed by atoms with Gasteiger partial charge in [-0.1, -0.05) is 12.2 Å². The number of allylic oxidation sites excluding steroid dienone is 2. The monoisotopic (exact) mass is 374 g/mol. The Kier molecular flexibility index (Phi) is 5.31. The Labute approximate surface area is 157 Å². The summed E-state index contributed by atoms with van der Waals surface area (Å²) in [6.07, 6.45) is 3.60. The summed E-state index contributed by atoms with van der Waals surface area (Å²) in [6.45, 7) is 9.55. The van der Waals surface area contributed by atoms with E-state index in [1.807, 2.05) is 38.3 Å². The SMILES string of the molecule is C/C=C/Cn1c(=O)c2c(nc3n2[C@@H](C)C(C)=NN3CCOCC)n(C)c1=O. The van der Waals surface area contributed by atoms with Crippen molar-refractivity contribution in [3.05, 3.63) is 33.0 Å². The molecule has 0 saturated heterocycles. The highest BCUT2D eigenvalue weighted by Crippen LogP contribution is 2.29. The third-order valence-electron chi connectivity index (χ3n) is 4.83. The number of rotatable bonds is 6. The maximum absolute atomic E-state index is 13.1. The summed E-state index contributed by atoms with van der Waals surface area (Å²) in [5, 5.41) is 6.35. The van der Waals surface area contributed by atoms with E-state index in [9.17, 15) is 9.59 Å². The minimum atomic E-state index is -0.382. The van der Waals surface area contributed by atoms with E-state index in [0.29, 0.717) is 36.9 Å². The minimum Gasteiger partial charge on any atom is -0.380 e. The fourth-order valence-corrected chi connectivity index (χ4v) is 3.20. The maximum atomic E-state index is 13.1. The van der Waals surface area contributed by atoms with Gasteiger partial charge in [0.05, 0.1) is 24.9 Å². The molecule has 9 nitrogen and oxygen atoms in total.